The van der Waals surface area contributed by atoms with Crippen molar-refractivity contribution in [3.63, 3.8) is 0 Å². The Morgan fingerprint density at radius 1 is 0.944 bits per heavy atom. The zero-order valence-electron chi connectivity index (χ0n) is 20.7. The Bertz CT molecular complexity index is 863. The van der Waals surface area contributed by atoms with Crippen LogP contribution >= 0.6 is 0 Å². The van der Waals surface area contributed by atoms with Gasteiger partial charge in [-0.15, -0.1) is 6.58 Å². The van der Waals surface area contributed by atoms with E-state index in [9.17, 15) is 30.3 Å². The van der Waals surface area contributed by atoms with Crippen LogP contribution in [0.1, 0.15) is 67.3 Å². The Morgan fingerprint density at radius 2 is 1.64 bits per heavy atom. The number of aryl methyl sites for hydroxylation is 1. The van der Waals surface area contributed by atoms with Crippen LogP contribution in [0.5, 0.6) is 5.75 Å². The zero-order valence-corrected chi connectivity index (χ0v) is 20.7. The lowest BCUT2D eigenvalue weighted by atomic mass is 9.98. The molecular formula is C28H40O8. The van der Waals surface area contributed by atoms with Crippen LogP contribution in [0, 0.1) is 0 Å². The molecule has 0 amide bonds. The summed E-state index contributed by atoms with van der Waals surface area (Å²) in [4.78, 5) is 12.0. The van der Waals surface area contributed by atoms with Gasteiger partial charge in [-0.1, -0.05) is 61.8 Å². The van der Waals surface area contributed by atoms with Crippen LogP contribution in [0.2, 0.25) is 0 Å². The molecule has 0 bridgehead atoms. The van der Waals surface area contributed by atoms with E-state index in [-0.39, 0.29) is 11.3 Å². The zero-order chi connectivity index (χ0) is 26.3. The molecule has 5 unspecified atom stereocenters. The molecule has 1 fully saturated rings. The molecule has 8 heteroatoms. The quantitative estimate of drug-likeness (QED) is 0.170. The van der Waals surface area contributed by atoms with E-state index in [4.69, 9.17) is 9.47 Å². The highest BCUT2D eigenvalue weighted by Gasteiger charge is 2.45. The van der Waals surface area contributed by atoms with Gasteiger partial charge in [0.05, 0.1) is 6.61 Å². The number of hydrogen-bond acceptors (Lipinski definition) is 7. The van der Waals surface area contributed by atoms with E-state index in [0.29, 0.717) is 12.0 Å². The monoisotopic (exact) mass is 504 g/mol. The third kappa shape index (κ3) is 9.19. The second-order valence-corrected chi connectivity index (χ2v) is 8.92. The third-order valence-electron chi connectivity index (χ3n) is 6.14. The highest BCUT2D eigenvalue weighted by atomic mass is 16.7. The summed E-state index contributed by atoms with van der Waals surface area (Å²) < 4.78 is 11.0. The van der Waals surface area contributed by atoms with Gasteiger partial charge in [0.1, 0.15) is 35.7 Å². The number of carboxylic acid groups (broad SMARTS) is 1. The van der Waals surface area contributed by atoms with Gasteiger partial charge in [-0.3, -0.25) is 0 Å². The number of aliphatic hydroxyl groups excluding tert-OH is 4. The van der Waals surface area contributed by atoms with Gasteiger partial charge in [-0.25, -0.2) is 4.79 Å². The van der Waals surface area contributed by atoms with Gasteiger partial charge >= 0.3 is 5.97 Å². The topological polar surface area (TPSA) is 137 Å². The number of aliphatic hydroxyl groups is 4. The maximum atomic E-state index is 12.0. The van der Waals surface area contributed by atoms with Crippen molar-refractivity contribution in [1.82, 2.24) is 0 Å². The van der Waals surface area contributed by atoms with Gasteiger partial charge in [0.2, 0.25) is 6.29 Å². The number of allylic oxidation sites excluding steroid dienone is 5. The first kappa shape index (κ1) is 29.7. The van der Waals surface area contributed by atoms with Crippen molar-refractivity contribution in [2.45, 2.75) is 88.5 Å². The van der Waals surface area contributed by atoms with Gasteiger partial charge in [0, 0.05) is 0 Å². The predicted octanol–water partition coefficient (Wildman–Crippen LogP) is 3.53. The van der Waals surface area contributed by atoms with Gasteiger partial charge in [0.25, 0.3) is 0 Å². The minimum absolute atomic E-state index is 0.00421. The minimum atomic E-state index is -1.61. The molecule has 2 rings (SSSR count). The van der Waals surface area contributed by atoms with E-state index in [1.807, 2.05) is 6.08 Å². The molecule has 1 saturated heterocycles. The van der Waals surface area contributed by atoms with Crippen molar-refractivity contribution in [2.75, 3.05) is 6.61 Å². The number of benzene rings is 1. The van der Waals surface area contributed by atoms with Crippen LogP contribution < -0.4 is 4.74 Å². The van der Waals surface area contributed by atoms with E-state index >= 15 is 0 Å². The fourth-order valence-corrected chi connectivity index (χ4v) is 4.11. The molecular weight excluding hydrogens is 464 g/mol. The molecule has 0 spiro atoms. The first-order valence-corrected chi connectivity index (χ1v) is 12.6. The molecule has 1 aromatic rings. The average Bonchev–Trinajstić information content (AvgIpc) is 2.87. The van der Waals surface area contributed by atoms with Crippen LogP contribution in [-0.2, 0) is 11.2 Å². The van der Waals surface area contributed by atoms with Crippen molar-refractivity contribution in [1.29, 1.82) is 0 Å². The lowest BCUT2D eigenvalue weighted by Crippen LogP contribution is -2.60. The number of rotatable bonds is 16. The van der Waals surface area contributed by atoms with Crippen LogP contribution in [-0.4, -0.2) is 68.8 Å². The summed E-state index contributed by atoms with van der Waals surface area (Å²) in [6.07, 6.45) is 11.7. The largest absolute Gasteiger partial charge is 0.478 e. The summed E-state index contributed by atoms with van der Waals surface area (Å²) in [5, 5.41) is 49.3. The number of unbranched alkanes of at least 4 members (excludes halogenated alkanes) is 5. The average molecular weight is 505 g/mol. The van der Waals surface area contributed by atoms with Crippen LogP contribution in [0.4, 0.5) is 0 Å². The summed E-state index contributed by atoms with van der Waals surface area (Å²) in [6, 6.07) is 4.86. The van der Waals surface area contributed by atoms with Gasteiger partial charge in [0.15, 0.2) is 0 Å². The van der Waals surface area contributed by atoms with Crippen molar-refractivity contribution in [3.8, 4) is 5.75 Å². The van der Waals surface area contributed by atoms with Crippen LogP contribution in [0.15, 0.2) is 55.2 Å². The molecule has 0 saturated carbocycles. The van der Waals surface area contributed by atoms with E-state index < -0.39 is 43.3 Å². The lowest BCUT2D eigenvalue weighted by Gasteiger charge is -2.39. The third-order valence-corrected chi connectivity index (χ3v) is 6.14. The molecule has 1 aliphatic heterocycles. The summed E-state index contributed by atoms with van der Waals surface area (Å²) in [7, 11) is 0. The second-order valence-electron chi connectivity index (χ2n) is 8.92. The highest BCUT2D eigenvalue weighted by molar-refractivity contribution is 5.92. The standard InChI is InChI=1S/C28H40O8/c1-2-3-4-5-6-7-8-9-10-11-12-13-14-16-20-17-15-18-21(23(20)27(33)34)35-28-26(32)25(31)24(30)22(19-29)36-28/h2,4-5,7-8,15,17-18,22,24-26,28-32H,1,3,6,9-14,16,19H2,(H,33,34)/b5-4+,8-7+. The van der Waals surface area contributed by atoms with Crippen molar-refractivity contribution < 1.29 is 39.8 Å². The predicted molar refractivity (Wildman–Crippen MR) is 137 cm³/mol. The maximum Gasteiger partial charge on any atom is 0.339 e. The molecule has 5 N–H and O–H groups in total. The fraction of sp³-hybridized carbons (Fsp3) is 0.536. The highest BCUT2D eigenvalue weighted by Crippen LogP contribution is 2.29. The maximum absolute atomic E-state index is 12.0. The number of aromatic carboxylic acids is 1. The molecule has 5 atom stereocenters. The smallest absolute Gasteiger partial charge is 0.339 e. The molecule has 0 radical (unpaired) electrons. The Morgan fingerprint density at radius 3 is 2.36 bits per heavy atom. The van der Waals surface area contributed by atoms with Crippen LogP contribution in [0.25, 0.3) is 0 Å². The molecule has 0 aliphatic carbocycles. The Kier molecular flexibility index (Phi) is 13.5. The molecule has 200 valence electrons. The van der Waals surface area contributed by atoms with Gasteiger partial charge in [-0.05, 0) is 50.2 Å². The van der Waals surface area contributed by atoms with E-state index in [2.05, 4.69) is 30.9 Å². The molecule has 36 heavy (non-hydrogen) atoms. The first-order valence-electron chi connectivity index (χ1n) is 12.6. The van der Waals surface area contributed by atoms with Gasteiger partial charge in [-0.2, -0.15) is 0 Å². The molecule has 1 aromatic carbocycles. The van der Waals surface area contributed by atoms with Gasteiger partial charge < -0.3 is 35.0 Å². The Balaban J connectivity index is 1.83. The fourth-order valence-electron chi connectivity index (χ4n) is 4.11. The van der Waals surface area contributed by atoms with Crippen LogP contribution in [0.3, 0.4) is 0 Å². The van der Waals surface area contributed by atoms with Crippen molar-refractivity contribution in [3.05, 3.63) is 66.3 Å². The van der Waals surface area contributed by atoms with Crippen molar-refractivity contribution in [2.24, 2.45) is 0 Å². The summed E-state index contributed by atoms with van der Waals surface area (Å²) in [5.41, 5.74) is 0.582. The molecule has 0 aromatic heterocycles. The Labute approximate surface area is 213 Å². The molecule has 1 aliphatic rings. The number of carbonyl (C=O) groups is 1. The summed E-state index contributed by atoms with van der Waals surface area (Å²) in [6.45, 7) is 3.08. The lowest BCUT2D eigenvalue weighted by molar-refractivity contribution is -0.277. The second kappa shape index (κ2) is 16.3. The molecule has 8 nitrogen and oxygen atoms in total. The number of carboxylic acids is 1. The number of hydrogen-bond donors (Lipinski definition) is 5. The SMILES string of the molecule is C=CC/C=C/C/C=C/CCCCCCCc1cccc(OC2OC(CO)C(O)C(O)C2O)c1C(=O)O. The number of ether oxygens (including phenoxy) is 2. The normalized spacial score (nSPS) is 24.4. The van der Waals surface area contributed by atoms with E-state index in [1.54, 1.807) is 12.1 Å². The first-order chi connectivity index (χ1) is 17.4. The van der Waals surface area contributed by atoms with Crippen molar-refractivity contribution >= 4 is 5.97 Å². The molecule has 1 heterocycles. The summed E-state index contributed by atoms with van der Waals surface area (Å²) in [5.74, 6) is -1.17. The Hall–Kier alpha value is -2.49. The summed E-state index contributed by atoms with van der Waals surface area (Å²) >= 11 is 0. The minimum Gasteiger partial charge on any atom is -0.478 e. The van der Waals surface area contributed by atoms with E-state index in [0.717, 1.165) is 51.4 Å². The van der Waals surface area contributed by atoms with E-state index in [1.165, 1.54) is 6.07 Å².